The highest BCUT2D eigenvalue weighted by molar-refractivity contribution is 7.88. The van der Waals surface area contributed by atoms with Gasteiger partial charge in [0.1, 0.15) is 11.6 Å². The van der Waals surface area contributed by atoms with Gasteiger partial charge in [0.25, 0.3) is 0 Å². The molecule has 3 aliphatic heterocycles. The van der Waals surface area contributed by atoms with E-state index in [9.17, 15) is 18.3 Å². The van der Waals surface area contributed by atoms with E-state index in [1.807, 2.05) is 44.0 Å². The highest BCUT2D eigenvalue weighted by Gasteiger charge is 2.44. The molecule has 264 valence electrons. The number of nitrogens with zero attached hydrogens (tertiary/aromatic N) is 7. The first-order valence-electron chi connectivity index (χ1n) is 17.5. The molecular weight excluding hydrogens is 641 g/mol. The maximum atomic E-state index is 13.1. The number of carbonyl (C=O) groups is 1. The molecule has 0 bridgehead atoms. The van der Waals surface area contributed by atoms with E-state index in [2.05, 4.69) is 45.7 Å². The Morgan fingerprint density at radius 1 is 1.10 bits per heavy atom. The monoisotopic (exact) mass is 690 g/mol. The van der Waals surface area contributed by atoms with Gasteiger partial charge >= 0.3 is 0 Å². The molecule has 0 saturated carbocycles. The number of anilines is 4. The molecular formula is C36H50N8O4S. The van der Waals surface area contributed by atoms with Crippen LogP contribution in [-0.2, 0) is 14.8 Å². The topological polar surface area (TPSA) is 135 Å². The summed E-state index contributed by atoms with van der Waals surface area (Å²) in [5.74, 6) is 1.76. The Hall–Kier alpha value is -3.81. The SMILES string of the molecule is C=CC(=O)N1CCCCC[C@@H]1c1ccc(N2C[C@H](N(C(C)C)S(C)(=O)=O)[C@H]2C)c2cnc(Nc3ccnc(N4CCC(C)(O)CC4)n3)cc12. The zero-order chi connectivity index (χ0) is 35.1. The van der Waals surface area contributed by atoms with Crippen LogP contribution in [0, 0.1) is 0 Å². The van der Waals surface area contributed by atoms with Gasteiger partial charge in [0, 0.05) is 61.7 Å². The van der Waals surface area contributed by atoms with Crippen LogP contribution in [0.3, 0.4) is 0 Å². The fourth-order valence-electron chi connectivity index (χ4n) is 7.77. The Kier molecular flexibility index (Phi) is 9.89. The molecule has 0 aliphatic carbocycles. The van der Waals surface area contributed by atoms with Gasteiger partial charge in [-0.2, -0.15) is 9.29 Å². The van der Waals surface area contributed by atoms with Crippen molar-refractivity contribution in [3.8, 4) is 0 Å². The number of benzene rings is 1. The fraction of sp³-hybridized carbons (Fsp3) is 0.556. The van der Waals surface area contributed by atoms with Crippen molar-refractivity contribution in [2.45, 2.75) is 96.0 Å². The molecule has 0 radical (unpaired) electrons. The molecule has 0 spiro atoms. The molecule has 1 aromatic carbocycles. The van der Waals surface area contributed by atoms with Crippen molar-refractivity contribution in [2.75, 3.05) is 47.6 Å². The Morgan fingerprint density at radius 3 is 2.53 bits per heavy atom. The number of rotatable bonds is 9. The molecule has 2 N–H and O–H groups in total. The number of likely N-dealkylation sites (tertiary alicyclic amines) is 1. The highest BCUT2D eigenvalue weighted by atomic mass is 32.2. The van der Waals surface area contributed by atoms with E-state index in [4.69, 9.17) is 9.97 Å². The number of nitrogens with one attached hydrogen (secondary N) is 1. The lowest BCUT2D eigenvalue weighted by atomic mass is 9.91. The minimum absolute atomic E-state index is 0.0429. The number of hydrogen-bond acceptors (Lipinski definition) is 10. The van der Waals surface area contributed by atoms with E-state index in [0.717, 1.165) is 47.7 Å². The smallest absolute Gasteiger partial charge is 0.246 e. The summed E-state index contributed by atoms with van der Waals surface area (Å²) in [6, 6.07) is 7.64. The second-order valence-corrected chi connectivity index (χ2v) is 16.3. The minimum atomic E-state index is -3.38. The van der Waals surface area contributed by atoms with Crippen LogP contribution in [0.4, 0.5) is 23.3 Å². The number of sulfonamides is 1. The number of amides is 1. The summed E-state index contributed by atoms with van der Waals surface area (Å²) < 4.78 is 27.1. The van der Waals surface area contributed by atoms with Gasteiger partial charge in [-0.25, -0.2) is 18.4 Å². The molecule has 3 atom stereocenters. The van der Waals surface area contributed by atoms with Gasteiger partial charge in [0.05, 0.1) is 23.9 Å². The molecule has 13 heteroatoms. The van der Waals surface area contributed by atoms with Crippen molar-refractivity contribution < 1.29 is 18.3 Å². The van der Waals surface area contributed by atoms with Gasteiger partial charge in [-0.3, -0.25) is 4.79 Å². The van der Waals surface area contributed by atoms with Gasteiger partial charge in [-0.15, -0.1) is 0 Å². The van der Waals surface area contributed by atoms with Crippen LogP contribution in [0.5, 0.6) is 0 Å². The zero-order valence-corrected chi connectivity index (χ0v) is 30.2. The van der Waals surface area contributed by atoms with Crippen molar-refractivity contribution in [3.05, 3.63) is 54.9 Å². The van der Waals surface area contributed by atoms with Gasteiger partial charge in [-0.1, -0.05) is 25.5 Å². The highest BCUT2D eigenvalue weighted by Crippen LogP contribution is 2.42. The number of aliphatic hydroxyl groups is 1. The molecule has 0 unspecified atom stereocenters. The Morgan fingerprint density at radius 2 is 1.86 bits per heavy atom. The Labute approximate surface area is 290 Å². The van der Waals surface area contributed by atoms with E-state index < -0.39 is 15.6 Å². The van der Waals surface area contributed by atoms with Crippen LogP contribution in [0.25, 0.3) is 10.8 Å². The van der Waals surface area contributed by atoms with Crippen molar-refractivity contribution in [1.82, 2.24) is 24.2 Å². The lowest BCUT2D eigenvalue weighted by Gasteiger charge is -2.53. The first kappa shape index (κ1) is 35.0. The number of piperidine rings is 1. The fourth-order valence-corrected chi connectivity index (χ4v) is 9.27. The first-order valence-corrected chi connectivity index (χ1v) is 19.3. The summed E-state index contributed by atoms with van der Waals surface area (Å²) in [5, 5.41) is 15.7. The number of hydrogen-bond donors (Lipinski definition) is 2. The van der Waals surface area contributed by atoms with Crippen LogP contribution >= 0.6 is 0 Å². The van der Waals surface area contributed by atoms with Crippen LogP contribution in [-0.4, -0.2) is 99.7 Å². The van der Waals surface area contributed by atoms with Crippen molar-refractivity contribution >= 4 is 50.0 Å². The molecule has 3 fully saturated rings. The predicted molar refractivity (Wildman–Crippen MR) is 195 cm³/mol. The van der Waals surface area contributed by atoms with Crippen molar-refractivity contribution in [3.63, 3.8) is 0 Å². The average molecular weight is 691 g/mol. The average Bonchev–Trinajstić information content (AvgIpc) is 3.31. The van der Waals surface area contributed by atoms with E-state index in [1.165, 1.54) is 12.3 Å². The van der Waals surface area contributed by atoms with E-state index in [0.29, 0.717) is 56.6 Å². The van der Waals surface area contributed by atoms with Crippen LogP contribution in [0.2, 0.25) is 0 Å². The molecule has 2 aromatic heterocycles. The van der Waals surface area contributed by atoms with Gasteiger partial charge in [0.15, 0.2) is 0 Å². The van der Waals surface area contributed by atoms with Crippen LogP contribution in [0.1, 0.15) is 77.8 Å². The third kappa shape index (κ3) is 7.25. The van der Waals surface area contributed by atoms with E-state index in [1.54, 1.807) is 10.5 Å². The summed E-state index contributed by atoms with van der Waals surface area (Å²) in [4.78, 5) is 33.5. The predicted octanol–water partition coefficient (Wildman–Crippen LogP) is 5.00. The maximum absolute atomic E-state index is 13.1. The number of aromatic nitrogens is 3. The summed E-state index contributed by atoms with van der Waals surface area (Å²) in [6.07, 6.45) is 11.5. The first-order chi connectivity index (χ1) is 23.3. The van der Waals surface area contributed by atoms with Gasteiger partial charge < -0.3 is 25.1 Å². The van der Waals surface area contributed by atoms with E-state index >= 15 is 0 Å². The molecule has 3 aliphatic rings. The number of carbonyl (C=O) groups excluding carboxylic acids is 1. The summed E-state index contributed by atoms with van der Waals surface area (Å²) >= 11 is 0. The largest absolute Gasteiger partial charge is 0.390 e. The molecule has 1 amide bonds. The third-order valence-electron chi connectivity index (χ3n) is 10.5. The molecule has 12 nitrogen and oxygen atoms in total. The molecule has 3 aromatic rings. The van der Waals surface area contributed by atoms with Crippen LogP contribution in [0.15, 0.2) is 49.3 Å². The second kappa shape index (κ2) is 13.8. The zero-order valence-electron chi connectivity index (χ0n) is 29.3. The summed E-state index contributed by atoms with van der Waals surface area (Å²) in [7, 11) is -3.38. The van der Waals surface area contributed by atoms with Crippen molar-refractivity contribution in [1.29, 1.82) is 0 Å². The molecule has 5 heterocycles. The van der Waals surface area contributed by atoms with Gasteiger partial charge in [-0.05, 0) is 88.6 Å². The second-order valence-electron chi connectivity index (χ2n) is 14.4. The summed E-state index contributed by atoms with van der Waals surface area (Å²) in [6.45, 7) is 14.2. The summed E-state index contributed by atoms with van der Waals surface area (Å²) in [5.41, 5.74) is 1.37. The van der Waals surface area contributed by atoms with Gasteiger partial charge in [0.2, 0.25) is 21.9 Å². The molecule has 49 heavy (non-hydrogen) atoms. The molecule has 6 rings (SSSR count). The number of pyridine rings is 1. The maximum Gasteiger partial charge on any atom is 0.246 e. The molecule has 3 saturated heterocycles. The Bertz CT molecular complexity index is 1810. The minimum Gasteiger partial charge on any atom is -0.390 e. The van der Waals surface area contributed by atoms with Crippen LogP contribution < -0.4 is 15.1 Å². The standard InChI is InChI=1S/C36H50N8O4S/c1-7-34(45)42-18-10-8-9-11-29(42)26-12-13-30(43-23-31(25(43)4)44(24(2)3)49(6,47)48)28-22-38-33(21-27(26)28)39-32-14-17-37-35(40-32)41-19-15-36(5,46)16-20-41/h7,12-14,17,21-22,24-25,29,31,46H,1,8-11,15-16,18-20,23H2,2-6H3,(H,37,38,39,40)/t25-,29-,31+/m1/s1. The third-order valence-corrected chi connectivity index (χ3v) is 11.9. The van der Waals surface area contributed by atoms with Crippen molar-refractivity contribution in [2.24, 2.45) is 0 Å². The Balaban J connectivity index is 1.37. The van der Waals surface area contributed by atoms with E-state index in [-0.39, 0.29) is 30.1 Å². The quantitative estimate of drug-likeness (QED) is 0.296. The lowest BCUT2D eigenvalue weighted by molar-refractivity contribution is -0.128. The normalized spacial score (nSPS) is 23.0. The number of fused-ring (bicyclic) bond motifs is 1. The lowest BCUT2D eigenvalue weighted by Crippen LogP contribution is -2.68.